The Morgan fingerprint density at radius 2 is 1.73 bits per heavy atom. The molecule has 4 heteroatoms. The number of amides is 1. The number of fused-ring (bicyclic) bond motifs is 2. The van der Waals surface area contributed by atoms with Gasteiger partial charge in [0.05, 0.1) is 11.6 Å². The summed E-state index contributed by atoms with van der Waals surface area (Å²) in [6.07, 6.45) is 1.60. The summed E-state index contributed by atoms with van der Waals surface area (Å²) in [5.41, 5.74) is 1.69. The summed E-state index contributed by atoms with van der Waals surface area (Å²) in [7, 11) is 0. The molecule has 1 heterocycles. The van der Waals surface area contributed by atoms with Gasteiger partial charge in [-0.25, -0.2) is 0 Å². The monoisotopic (exact) mass is 342 g/mol. The molecule has 0 radical (unpaired) electrons. The van der Waals surface area contributed by atoms with E-state index in [1.54, 1.807) is 24.4 Å². The number of pyridine rings is 1. The highest BCUT2D eigenvalue weighted by molar-refractivity contribution is 6.02. The first-order valence-electron chi connectivity index (χ1n) is 8.50. The van der Waals surface area contributed by atoms with E-state index in [1.165, 1.54) is 0 Å². The molecule has 0 fully saturated rings. The van der Waals surface area contributed by atoms with Crippen molar-refractivity contribution >= 4 is 27.6 Å². The highest BCUT2D eigenvalue weighted by atomic mass is 16.3. The van der Waals surface area contributed by atoms with Gasteiger partial charge < -0.3 is 10.4 Å². The second-order valence-electron chi connectivity index (χ2n) is 6.30. The van der Waals surface area contributed by atoms with Crippen molar-refractivity contribution < 1.29 is 9.90 Å². The fourth-order valence-corrected chi connectivity index (χ4v) is 3.29. The summed E-state index contributed by atoms with van der Waals surface area (Å²) >= 11 is 0. The van der Waals surface area contributed by atoms with Gasteiger partial charge in [0.1, 0.15) is 5.52 Å². The molecule has 0 saturated heterocycles. The van der Waals surface area contributed by atoms with Crippen LogP contribution < -0.4 is 5.32 Å². The van der Waals surface area contributed by atoms with Crippen LogP contribution in [0.4, 0.5) is 0 Å². The number of phenolic OH excluding ortho intramolecular Hbond substituents is 1. The number of rotatable bonds is 3. The highest BCUT2D eigenvalue weighted by Gasteiger charge is 2.18. The van der Waals surface area contributed by atoms with E-state index in [4.69, 9.17) is 0 Å². The summed E-state index contributed by atoms with van der Waals surface area (Å²) < 4.78 is 0. The number of carbonyl (C=O) groups is 1. The van der Waals surface area contributed by atoms with Gasteiger partial charge in [-0.15, -0.1) is 0 Å². The fourth-order valence-electron chi connectivity index (χ4n) is 3.29. The zero-order valence-electron chi connectivity index (χ0n) is 14.3. The molecule has 1 unspecified atom stereocenters. The van der Waals surface area contributed by atoms with E-state index < -0.39 is 0 Å². The molecular weight excluding hydrogens is 324 g/mol. The van der Waals surface area contributed by atoms with E-state index in [9.17, 15) is 9.90 Å². The molecule has 1 atom stereocenters. The summed E-state index contributed by atoms with van der Waals surface area (Å²) in [6.45, 7) is 1.94. The van der Waals surface area contributed by atoms with Crippen LogP contribution in [-0.4, -0.2) is 16.0 Å². The van der Waals surface area contributed by atoms with Crippen LogP contribution in [0.25, 0.3) is 21.7 Å². The van der Waals surface area contributed by atoms with Crippen molar-refractivity contribution in [1.29, 1.82) is 0 Å². The third-order valence-electron chi connectivity index (χ3n) is 4.63. The zero-order chi connectivity index (χ0) is 18.1. The lowest BCUT2D eigenvalue weighted by atomic mass is 9.99. The molecule has 26 heavy (non-hydrogen) atoms. The van der Waals surface area contributed by atoms with Crippen molar-refractivity contribution in [2.45, 2.75) is 13.0 Å². The quantitative estimate of drug-likeness (QED) is 0.573. The van der Waals surface area contributed by atoms with Crippen molar-refractivity contribution in [3.63, 3.8) is 0 Å². The summed E-state index contributed by atoms with van der Waals surface area (Å²) in [6, 6.07) is 21.0. The molecule has 2 N–H and O–H groups in total. The number of nitrogens with zero attached hydrogens (tertiary/aromatic N) is 1. The van der Waals surface area contributed by atoms with Gasteiger partial charge in [0.15, 0.2) is 5.75 Å². The molecule has 1 amide bonds. The lowest BCUT2D eigenvalue weighted by Gasteiger charge is -2.17. The van der Waals surface area contributed by atoms with Crippen LogP contribution in [0.2, 0.25) is 0 Å². The molecule has 4 aromatic rings. The predicted molar refractivity (Wildman–Crippen MR) is 103 cm³/mol. The molecule has 0 aliphatic heterocycles. The lowest BCUT2D eigenvalue weighted by Crippen LogP contribution is -2.26. The van der Waals surface area contributed by atoms with Gasteiger partial charge in [-0.3, -0.25) is 9.78 Å². The van der Waals surface area contributed by atoms with Gasteiger partial charge in [0, 0.05) is 11.6 Å². The van der Waals surface area contributed by atoms with Gasteiger partial charge in [-0.05, 0) is 35.4 Å². The van der Waals surface area contributed by atoms with Crippen LogP contribution in [0, 0.1) is 0 Å². The van der Waals surface area contributed by atoms with Gasteiger partial charge in [0.25, 0.3) is 5.91 Å². The van der Waals surface area contributed by atoms with E-state index in [1.807, 2.05) is 55.5 Å². The Labute approximate surface area is 151 Å². The Hall–Kier alpha value is -3.40. The van der Waals surface area contributed by atoms with Gasteiger partial charge in [0.2, 0.25) is 0 Å². The number of hydrogen-bond acceptors (Lipinski definition) is 3. The average molecular weight is 342 g/mol. The third-order valence-corrected chi connectivity index (χ3v) is 4.63. The SMILES string of the molecule is CC(NC(=O)c1ccc2cccnc2c1O)c1cccc2ccccc12. The molecule has 3 aromatic carbocycles. The lowest BCUT2D eigenvalue weighted by molar-refractivity contribution is 0.0937. The molecule has 0 spiro atoms. The fraction of sp³-hybridized carbons (Fsp3) is 0.0909. The minimum absolute atomic E-state index is 0.0919. The first kappa shape index (κ1) is 16.1. The first-order valence-corrected chi connectivity index (χ1v) is 8.50. The number of carbonyl (C=O) groups excluding carboxylic acids is 1. The third kappa shape index (κ3) is 2.75. The van der Waals surface area contributed by atoms with Crippen LogP contribution in [-0.2, 0) is 0 Å². The van der Waals surface area contributed by atoms with Gasteiger partial charge in [-0.2, -0.15) is 0 Å². The molecule has 4 nitrogen and oxygen atoms in total. The normalized spacial score (nSPS) is 12.2. The van der Waals surface area contributed by atoms with Crippen molar-refractivity contribution in [2.75, 3.05) is 0 Å². The standard InChI is InChI=1S/C22H18N2O2/c1-14(17-10-4-7-15-6-2-3-9-18(15)17)24-22(26)19-12-11-16-8-5-13-23-20(16)21(19)25/h2-14,25H,1H3,(H,24,26). The molecule has 0 saturated carbocycles. The smallest absolute Gasteiger partial charge is 0.255 e. The Bertz CT molecular complexity index is 1120. The molecule has 4 rings (SSSR count). The van der Waals surface area contributed by atoms with Gasteiger partial charge in [-0.1, -0.05) is 54.6 Å². The number of benzene rings is 3. The van der Waals surface area contributed by atoms with Gasteiger partial charge >= 0.3 is 0 Å². The van der Waals surface area contributed by atoms with E-state index in [0.717, 1.165) is 21.7 Å². The topological polar surface area (TPSA) is 62.2 Å². The summed E-state index contributed by atoms with van der Waals surface area (Å²) in [5, 5.41) is 16.5. The minimum atomic E-state index is -0.324. The maximum absolute atomic E-state index is 12.7. The molecule has 0 aliphatic rings. The molecule has 0 bridgehead atoms. The van der Waals surface area contributed by atoms with Crippen LogP contribution in [0.1, 0.15) is 28.9 Å². The van der Waals surface area contributed by atoms with Crippen molar-refractivity contribution in [3.05, 3.63) is 84.1 Å². The number of nitrogens with one attached hydrogen (secondary N) is 1. The van der Waals surface area contributed by atoms with Crippen molar-refractivity contribution in [1.82, 2.24) is 10.3 Å². The first-order chi connectivity index (χ1) is 12.6. The Kier molecular flexibility index (Phi) is 4.01. The average Bonchev–Trinajstić information content (AvgIpc) is 2.68. The highest BCUT2D eigenvalue weighted by Crippen LogP contribution is 2.28. The number of hydrogen-bond donors (Lipinski definition) is 2. The maximum Gasteiger partial charge on any atom is 0.255 e. The van der Waals surface area contributed by atoms with Crippen LogP contribution in [0.5, 0.6) is 5.75 Å². The zero-order valence-corrected chi connectivity index (χ0v) is 14.3. The van der Waals surface area contributed by atoms with Crippen LogP contribution in [0.15, 0.2) is 72.9 Å². The molecule has 0 aliphatic carbocycles. The van der Waals surface area contributed by atoms with E-state index in [2.05, 4.69) is 10.3 Å². The number of aromatic nitrogens is 1. The Morgan fingerprint density at radius 1 is 0.962 bits per heavy atom. The van der Waals surface area contributed by atoms with E-state index >= 15 is 0 Å². The Morgan fingerprint density at radius 3 is 2.62 bits per heavy atom. The second-order valence-corrected chi connectivity index (χ2v) is 6.30. The number of phenols is 1. The van der Waals surface area contributed by atoms with Crippen LogP contribution in [0.3, 0.4) is 0 Å². The summed E-state index contributed by atoms with van der Waals surface area (Å²) in [5.74, 6) is -0.416. The summed E-state index contributed by atoms with van der Waals surface area (Å²) in [4.78, 5) is 16.9. The van der Waals surface area contributed by atoms with E-state index in [-0.39, 0.29) is 23.3 Å². The van der Waals surface area contributed by atoms with Crippen LogP contribution >= 0.6 is 0 Å². The van der Waals surface area contributed by atoms with Crippen molar-refractivity contribution in [2.24, 2.45) is 0 Å². The van der Waals surface area contributed by atoms with Crippen molar-refractivity contribution in [3.8, 4) is 5.75 Å². The second kappa shape index (κ2) is 6.48. The molecule has 128 valence electrons. The Balaban J connectivity index is 1.67. The maximum atomic E-state index is 12.7. The minimum Gasteiger partial charge on any atom is -0.505 e. The largest absolute Gasteiger partial charge is 0.505 e. The predicted octanol–water partition coefficient (Wildman–Crippen LogP) is 4.58. The number of aromatic hydroxyl groups is 1. The molecule has 1 aromatic heterocycles. The molecular formula is C22H18N2O2. The van der Waals surface area contributed by atoms with E-state index in [0.29, 0.717) is 5.52 Å².